The molecule has 1 unspecified atom stereocenters. The Kier molecular flexibility index (Phi) is 10.6. The summed E-state index contributed by atoms with van der Waals surface area (Å²) in [7, 11) is -2.43. The van der Waals surface area contributed by atoms with Crippen LogP contribution >= 0.6 is 0 Å². The number of rotatable bonds is 12. The molecule has 1 atom stereocenters. The zero-order chi connectivity index (χ0) is 31.0. The molecule has 13 nitrogen and oxygen atoms in total. The SMILES string of the molecule is COC(=O)/C=C/CNC(=O)c1nnc(CNC(=O)CN(C2CCN(C(C)c3cccc4ccccc34)CC2)S(C)(=O)=O)o1. The molecule has 0 saturated carbocycles. The number of amides is 2. The van der Waals surface area contributed by atoms with Crippen LogP contribution in [0.1, 0.15) is 47.9 Å². The number of benzene rings is 2. The number of methoxy groups -OCH3 is 1. The molecule has 1 aliphatic rings. The monoisotopic (exact) mass is 612 g/mol. The standard InChI is InChI=1S/C29H36N6O7S/c1-20(23-11-6-9-21-8-4-5-10-24(21)23)34-16-13-22(14-17-34)35(43(3,39)40)19-25(36)31-18-26-32-33-29(42-26)28(38)30-15-7-12-27(37)41-2/h4-12,20,22H,13-19H2,1-3H3,(H,30,38)(H,31,36)/b12-7+. The number of nitrogens with one attached hydrogen (secondary N) is 2. The van der Waals surface area contributed by atoms with Gasteiger partial charge in [0.15, 0.2) is 0 Å². The van der Waals surface area contributed by atoms with Crippen molar-refractivity contribution in [2.45, 2.75) is 38.4 Å². The number of aromatic nitrogens is 2. The summed E-state index contributed by atoms with van der Waals surface area (Å²) >= 11 is 0. The van der Waals surface area contributed by atoms with E-state index < -0.39 is 27.8 Å². The number of nitrogens with zero attached hydrogens (tertiary/aromatic N) is 4. The molecule has 0 aliphatic carbocycles. The second-order valence-corrected chi connectivity index (χ2v) is 12.2. The molecule has 0 spiro atoms. The molecule has 2 aromatic carbocycles. The van der Waals surface area contributed by atoms with Crippen LogP contribution in [0.25, 0.3) is 10.8 Å². The molecule has 3 aromatic rings. The fraction of sp³-hybridized carbons (Fsp3) is 0.414. The average molecular weight is 613 g/mol. The molecule has 2 amide bonds. The summed E-state index contributed by atoms with van der Waals surface area (Å²) in [4.78, 5) is 38.3. The lowest BCUT2D eigenvalue weighted by atomic mass is 9.96. The smallest absolute Gasteiger partial charge is 0.330 e. The van der Waals surface area contributed by atoms with E-state index in [1.807, 2.05) is 12.1 Å². The van der Waals surface area contributed by atoms with E-state index in [4.69, 9.17) is 4.42 Å². The van der Waals surface area contributed by atoms with Crippen molar-refractivity contribution < 1.29 is 32.0 Å². The van der Waals surface area contributed by atoms with Crippen LogP contribution in [0, 0.1) is 0 Å². The number of carbonyl (C=O) groups excluding carboxylic acids is 3. The third-order valence-electron chi connectivity index (χ3n) is 7.39. The maximum Gasteiger partial charge on any atom is 0.330 e. The average Bonchev–Trinajstić information content (AvgIpc) is 3.49. The zero-order valence-electron chi connectivity index (χ0n) is 24.4. The Morgan fingerprint density at radius 1 is 1.12 bits per heavy atom. The van der Waals surface area contributed by atoms with Crippen LogP contribution in [0.2, 0.25) is 0 Å². The fourth-order valence-electron chi connectivity index (χ4n) is 5.13. The molecule has 4 rings (SSSR count). The summed E-state index contributed by atoms with van der Waals surface area (Å²) in [5.74, 6) is -2.10. The van der Waals surface area contributed by atoms with Gasteiger partial charge in [0.2, 0.25) is 21.8 Å². The quantitative estimate of drug-likeness (QED) is 0.228. The zero-order valence-corrected chi connectivity index (χ0v) is 25.2. The molecular weight excluding hydrogens is 576 g/mol. The fourth-order valence-corrected chi connectivity index (χ4v) is 6.23. The van der Waals surface area contributed by atoms with Crippen molar-refractivity contribution in [2.24, 2.45) is 0 Å². The largest absolute Gasteiger partial charge is 0.466 e. The highest BCUT2D eigenvalue weighted by Gasteiger charge is 2.33. The minimum absolute atomic E-state index is 0.0229. The van der Waals surface area contributed by atoms with Crippen LogP contribution < -0.4 is 10.6 Å². The second kappa shape index (κ2) is 14.4. The van der Waals surface area contributed by atoms with Gasteiger partial charge in [-0.15, -0.1) is 10.2 Å². The lowest BCUT2D eigenvalue weighted by Gasteiger charge is -2.39. The van der Waals surface area contributed by atoms with Gasteiger partial charge in [-0.2, -0.15) is 4.31 Å². The summed E-state index contributed by atoms with van der Waals surface area (Å²) in [6.45, 7) is 3.04. The molecule has 1 aromatic heterocycles. The van der Waals surface area contributed by atoms with Crippen molar-refractivity contribution in [1.29, 1.82) is 0 Å². The van der Waals surface area contributed by atoms with E-state index in [-0.39, 0.29) is 43.5 Å². The summed E-state index contributed by atoms with van der Waals surface area (Å²) in [5, 5.41) is 14.8. The van der Waals surface area contributed by atoms with E-state index >= 15 is 0 Å². The van der Waals surface area contributed by atoms with Crippen molar-refractivity contribution in [3.05, 3.63) is 72.0 Å². The summed E-state index contributed by atoms with van der Waals surface area (Å²) in [6, 6.07) is 14.4. The van der Waals surface area contributed by atoms with Gasteiger partial charge in [-0.25, -0.2) is 13.2 Å². The van der Waals surface area contributed by atoms with E-state index in [0.29, 0.717) is 25.9 Å². The number of hydrogen-bond acceptors (Lipinski definition) is 10. The van der Waals surface area contributed by atoms with E-state index in [0.717, 1.165) is 12.3 Å². The highest BCUT2D eigenvalue weighted by atomic mass is 32.2. The van der Waals surface area contributed by atoms with Crippen molar-refractivity contribution in [1.82, 2.24) is 30.0 Å². The van der Waals surface area contributed by atoms with Crippen LogP contribution in [-0.4, -0.2) is 91.2 Å². The van der Waals surface area contributed by atoms with Crippen LogP contribution in [-0.2, 0) is 30.9 Å². The predicted molar refractivity (Wildman–Crippen MR) is 158 cm³/mol. The molecule has 0 bridgehead atoms. The number of esters is 1. The van der Waals surface area contributed by atoms with Crippen LogP contribution in [0.15, 0.2) is 59.0 Å². The Morgan fingerprint density at radius 3 is 2.56 bits per heavy atom. The van der Waals surface area contributed by atoms with E-state index in [1.165, 1.54) is 33.8 Å². The first-order chi connectivity index (χ1) is 20.6. The summed E-state index contributed by atoms with van der Waals surface area (Å²) in [5.41, 5.74) is 1.23. The topological polar surface area (TPSA) is 164 Å². The van der Waals surface area contributed by atoms with Gasteiger partial charge in [-0.1, -0.05) is 48.5 Å². The van der Waals surface area contributed by atoms with Crippen molar-refractivity contribution in [2.75, 3.05) is 39.5 Å². The lowest BCUT2D eigenvalue weighted by Crippen LogP contribution is -2.50. The third-order valence-corrected chi connectivity index (χ3v) is 8.67. The number of hydrogen-bond donors (Lipinski definition) is 2. The highest BCUT2D eigenvalue weighted by Crippen LogP contribution is 2.31. The first-order valence-electron chi connectivity index (χ1n) is 13.9. The van der Waals surface area contributed by atoms with Gasteiger partial charge in [-0.05, 0) is 36.1 Å². The van der Waals surface area contributed by atoms with Gasteiger partial charge in [0.1, 0.15) is 0 Å². The molecule has 0 radical (unpaired) electrons. The second-order valence-electron chi connectivity index (χ2n) is 10.2. The van der Waals surface area contributed by atoms with Crippen LogP contribution in [0.5, 0.6) is 0 Å². The first kappa shape index (κ1) is 31.8. The van der Waals surface area contributed by atoms with Gasteiger partial charge in [0, 0.05) is 37.8 Å². The van der Waals surface area contributed by atoms with Gasteiger partial charge in [0.25, 0.3) is 0 Å². The van der Waals surface area contributed by atoms with Crippen LogP contribution in [0.3, 0.4) is 0 Å². The molecular formula is C29H36N6O7S. The molecule has 2 N–H and O–H groups in total. The molecule has 230 valence electrons. The lowest BCUT2D eigenvalue weighted by molar-refractivity contribution is -0.134. The maximum absolute atomic E-state index is 12.8. The number of ether oxygens (including phenoxy) is 1. The molecule has 1 aliphatic heterocycles. The predicted octanol–water partition coefficient (Wildman–Crippen LogP) is 1.79. The van der Waals surface area contributed by atoms with E-state index in [9.17, 15) is 22.8 Å². The molecule has 1 fully saturated rings. The molecule has 2 heterocycles. The Labute approximate surface area is 250 Å². The minimum Gasteiger partial charge on any atom is -0.466 e. The normalized spacial score (nSPS) is 15.5. The number of sulfonamides is 1. The van der Waals surface area contributed by atoms with Gasteiger partial charge < -0.3 is 19.8 Å². The molecule has 14 heteroatoms. The van der Waals surface area contributed by atoms with Crippen molar-refractivity contribution in [3.8, 4) is 0 Å². The Balaban J connectivity index is 1.29. The van der Waals surface area contributed by atoms with Gasteiger partial charge >= 0.3 is 17.8 Å². The number of likely N-dealkylation sites (tertiary alicyclic amines) is 1. The number of fused-ring (bicyclic) bond motifs is 1. The van der Waals surface area contributed by atoms with Crippen LogP contribution in [0.4, 0.5) is 0 Å². The number of carbonyl (C=O) groups is 3. The number of piperidine rings is 1. The van der Waals surface area contributed by atoms with Gasteiger partial charge in [0.05, 0.1) is 26.5 Å². The van der Waals surface area contributed by atoms with Crippen molar-refractivity contribution in [3.63, 3.8) is 0 Å². The maximum atomic E-state index is 12.8. The Hall–Kier alpha value is -4.14. The molecule has 1 saturated heterocycles. The van der Waals surface area contributed by atoms with E-state index in [1.54, 1.807) is 0 Å². The van der Waals surface area contributed by atoms with Crippen molar-refractivity contribution >= 4 is 38.6 Å². The minimum atomic E-state index is -3.67. The summed E-state index contributed by atoms with van der Waals surface area (Å²) in [6.07, 6.45) is 4.84. The Morgan fingerprint density at radius 2 is 1.84 bits per heavy atom. The first-order valence-corrected chi connectivity index (χ1v) is 15.7. The van der Waals surface area contributed by atoms with Gasteiger partial charge in [-0.3, -0.25) is 14.5 Å². The van der Waals surface area contributed by atoms with E-state index in [2.05, 4.69) is 67.7 Å². The summed E-state index contributed by atoms with van der Waals surface area (Å²) < 4.78 is 36.3. The highest BCUT2D eigenvalue weighted by molar-refractivity contribution is 7.88. The third kappa shape index (κ3) is 8.46. The molecule has 43 heavy (non-hydrogen) atoms. The Bertz CT molecular complexity index is 1580.